The Morgan fingerprint density at radius 3 is 1.09 bits per heavy atom. The number of ether oxygens (including phenoxy) is 16. The van der Waals surface area contributed by atoms with Gasteiger partial charge in [0.15, 0.2) is 30.9 Å². The van der Waals surface area contributed by atoms with Gasteiger partial charge in [0.1, 0.15) is 65.2 Å². The van der Waals surface area contributed by atoms with Crippen molar-refractivity contribution in [1.29, 1.82) is 0 Å². The highest BCUT2D eigenvalue weighted by atomic mass is 16.7. The van der Waals surface area contributed by atoms with Gasteiger partial charge in [-0.2, -0.15) is 0 Å². The molecule has 29 nitrogen and oxygen atoms in total. The van der Waals surface area contributed by atoms with Gasteiger partial charge in [0.2, 0.25) is 11.8 Å². The maximum absolute atomic E-state index is 12.8. The number of esters is 4. The molecule has 0 spiro atoms. The fourth-order valence-corrected chi connectivity index (χ4v) is 12.2. The fourth-order valence-electron chi connectivity index (χ4n) is 12.2. The number of aliphatic hydroxyl groups is 1. The normalized spacial score (nSPS) is 18.8. The van der Waals surface area contributed by atoms with Gasteiger partial charge >= 0.3 is 36.1 Å². The van der Waals surface area contributed by atoms with Gasteiger partial charge in [0, 0.05) is 53.6 Å². The molecule has 2 aliphatic heterocycles. The molecular formula is C77H92N4O25. The van der Waals surface area contributed by atoms with Crippen LogP contribution in [0.5, 0.6) is 23.0 Å². The number of aliphatic hydroxyl groups excluding tert-OH is 1. The van der Waals surface area contributed by atoms with Crippen LogP contribution in [0.2, 0.25) is 0 Å². The van der Waals surface area contributed by atoms with Crippen LogP contribution in [0.3, 0.4) is 0 Å². The first kappa shape index (κ1) is 81.3. The van der Waals surface area contributed by atoms with E-state index >= 15 is 0 Å². The predicted octanol–water partition coefficient (Wildman–Crippen LogP) is 6.85. The molecule has 0 radical (unpaired) electrons. The molecule has 0 bridgehead atoms. The number of carbonyl (C=O) groups excluding carboxylic acids is 8. The number of rotatable bonds is 38. The predicted molar refractivity (Wildman–Crippen MR) is 377 cm³/mol. The minimum absolute atomic E-state index is 0.0250. The Bertz CT molecular complexity index is 3680. The van der Waals surface area contributed by atoms with Crippen molar-refractivity contribution >= 4 is 47.9 Å². The number of hydrogen-bond donors (Lipinski definition) is 5. The maximum Gasteiger partial charge on any atom is 0.408 e. The van der Waals surface area contributed by atoms with E-state index in [1.165, 1.54) is 27.7 Å². The molecule has 4 amide bonds. The number of amides is 4. The zero-order chi connectivity index (χ0) is 76.0. The molecule has 8 rings (SSSR count). The number of nitrogens with one attached hydrogen (secondary N) is 4. The highest BCUT2D eigenvalue weighted by Crippen LogP contribution is 2.45. The van der Waals surface area contributed by atoms with Crippen molar-refractivity contribution in [3.63, 3.8) is 0 Å². The van der Waals surface area contributed by atoms with E-state index in [0.29, 0.717) is 23.0 Å². The standard InChI is InChI=1S/C77H92N4O25/c1-49(83)100-64-41-70(105-66(72(64)102-51(3)85)47-98-76(53-17-11-9-12-18-53,55-21-29-59(91-5)30-22-55)56-23-31-60(92-6)32-24-56)95-39-15-37-78-68(87)43-80-74(89)97-46-63(45-82)104-75(90)81-44-69(88)79-38-16-40-96-71-42-65(101-50(2)84)73(103-52(4)86)67(106-71)48-99-77(54-19-13-10-14-20-54,57-25-33-61(93-7)34-26-57)58-27-35-62(94-8)36-28-58/h9-14,17-36,63-67,70-73,82H,15-16,37-48H2,1-8H3,(H,78,87)(H,79,88)(H,80,89)(H,81,90)/t63?,64-,65-,66-,67-,70-,71-,72?,73-/m1/s1. The molecule has 2 fully saturated rings. The summed E-state index contributed by atoms with van der Waals surface area (Å²) in [6, 6.07) is 48.6. The molecule has 29 heteroatoms. The molecule has 2 unspecified atom stereocenters. The zero-order valence-electron chi connectivity index (χ0n) is 60.4. The van der Waals surface area contributed by atoms with Crippen molar-refractivity contribution in [2.45, 2.75) is 120 Å². The molecule has 0 saturated carbocycles. The second-order valence-corrected chi connectivity index (χ2v) is 24.4. The second-order valence-electron chi connectivity index (χ2n) is 24.4. The van der Waals surface area contributed by atoms with Crippen LogP contribution < -0.4 is 40.2 Å². The highest BCUT2D eigenvalue weighted by molar-refractivity contribution is 5.83. The van der Waals surface area contributed by atoms with Gasteiger partial charge in [-0.1, -0.05) is 109 Å². The van der Waals surface area contributed by atoms with Crippen LogP contribution in [-0.4, -0.2) is 203 Å². The van der Waals surface area contributed by atoms with Crippen molar-refractivity contribution < 1.29 is 119 Å². The first-order chi connectivity index (χ1) is 51.2. The number of alkyl carbamates (subject to hydrolysis) is 2. The van der Waals surface area contributed by atoms with Gasteiger partial charge in [-0.15, -0.1) is 0 Å². The van der Waals surface area contributed by atoms with Crippen LogP contribution in [-0.2, 0) is 96.8 Å². The largest absolute Gasteiger partial charge is 0.497 e. The van der Waals surface area contributed by atoms with Gasteiger partial charge in [0.05, 0.1) is 74.6 Å². The molecular weight excluding hydrogens is 1380 g/mol. The lowest BCUT2D eigenvalue weighted by Gasteiger charge is -2.42. The smallest absolute Gasteiger partial charge is 0.408 e. The first-order valence-corrected chi connectivity index (χ1v) is 34.4. The fraction of sp³-hybridized carbons (Fsp3) is 0.429. The Labute approximate surface area is 614 Å². The first-order valence-electron chi connectivity index (χ1n) is 34.4. The molecule has 6 aromatic carbocycles. The minimum atomic E-state index is -1.36. The van der Waals surface area contributed by atoms with Gasteiger partial charge in [-0.25, -0.2) is 9.59 Å². The zero-order valence-corrected chi connectivity index (χ0v) is 60.4. The van der Waals surface area contributed by atoms with Crippen molar-refractivity contribution in [1.82, 2.24) is 21.3 Å². The van der Waals surface area contributed by atoms with Gasteiger partial charge in [-0.05, 0) is 94.8 Å². The summed E-state index contributed by atoms with van der Waals surface area (Å²) < 4.78 is 94.5. The number of methoxy groups -OCH3 is 4. The van der Waals surface area contributed by atoms with E-state index in [1.807, 2.05) is 158 Å². The van der Waals surface area contributed by atoms with Crippen LogP contribution in [0.4, 0.5) is 9.59 Å². The van der Waals surface area contributed by atoms with Crippen LogP contribution in [0.1, 0.15) is 86.8 Å². The van der Waals surface area contributed by atoms with E-state index in [0.717, 1.165) is 33.4 Å². The third-order valence-electron chi connectivity index (χ3n) is 17.0. The SMILES string of the molecule is COc1ccc(C(OC[C@H]2O[C@@H](OCCCNC(=O)CNC(=O)OCC(CO)OC(=O)NCC(=O)NCCCO[C@H]3C[C@@H](OC(C)=O)[C@@H](OC(C)=O)[C@@H](COC(c4ccccc4)(c4ccc(OC)cc4)c4ccc(OC)cc4)O3)C[C@@H](OC(C)=O)C2OC(C)=O)(c2ccccc2)c2ccc(OC)cc2)cc1. The molecule has 5 N–H and O–H groups in total. The van der Waals surface area contributed by atoms with E-state index in [9.17, 15) is 43.5 Å². The number of carbonyl (C=O) groups is 8. The Kier molecular flexibility index (Phi) is 31.2. The third-order valence-corrected chi connectivity index (χ3v) is 17.0. The molecule has 2 aliphatic rings. The van der Waals surface area contributed by atoms with Crippen molar-refractivity contribution in [3.05, 3.63) is 191 Å². The van der Waals surface area contributed by atoms with E-state index < -0.39 is 141 Å². The maximum atomic E-state index is 12.8. The monoisotopic (exact) mass is 1470 g/mol. The summed E-state index contributed by atoms with van der Waals surface area (Å²) in [6.07, 6.45) is -11.5. The van der Waals surface area contributed by atoms with E-state index in [1.54, 1.807) is 28.4 Å². The van der Waals surface area contributed by atoms with Crippen LogP contribution >= 0.6 is 0 Å². The summed E-state index contributed by atoms with van der Waals surface area (Å²) in [5.74, 6) is -1.32. The van der Waals surface area contributed by atoms with Gasteiger partial charge in [-0.3, -0.25) is 28.8 Å². The van der Waals surface area contributed by atoms with Crippen LogP contribution in [0.15, 0.2) is 158 Å². The average Bonchev–Trinajstić information content (AvgIpc) is 0.757. The van der Waals surface area contributed by atoms with E-state index in [-0.39, 0.29) is 65.2 Å². The summed E-state index contributed by atoms with van der Waals surface area (Å²) in [6.45, 7) is 2.25. The lowest BCUT2D eigenvalue weighted by molar-refractivity contribution is -0.271. The van der Waals surface area contributed by atoms with Gasteiger partial charge in [0.25, 0.3) is 0 Å². The molecule has 0 aliphatic carbocycles. The average molecular weight is 1470 g/mol. The lowest BCUT2D eigenvalue weighted by atomic mass is 9.80. The topological polar surface area (TPSA) is 353 Å². The van der Waals surface area contributed by atoms with Crippen molar-refractivity contribution in [2.24, 2.45) is 0 Å². The molecule has 106 heavy (non-hydrogen) atoms. The molecule has 570 valence electrons. The molecule has 0 aromatic heterocycles. The second kappa shape index (κ2) is 40.8. The molecule has 6 aromatic rings. The highest BCUT2D eigenvalue weighted by Gasteiger charge is 2.49. The summed E-state index contributed by atoms with van der Waals surface area (Å²) in [5.41, 5.74) is 1.78. The van der Waals surface area contributed by atoms with E-state index in [2.05, 4.69) is 21.3 Å². The summed E-state index contributed by atoms with van der Waals surface area (Å²) in [5, 5.41) is 19.7. The summed E-state index contributed by atoms with van der Waals surface area (Å²) in [4.78, 5) is 101. The Morgan fingerprint density at radius 2 is 0.774 bits per heavy atom. The number of benzene rings is 6. The molecule has 9 atom stereocenters. The Morgan fingerprint density at radius 1 is 0.443 bits per heavy atom. The molecule has 2 heterocycles. The van der Waals surface area contributed by atoms with E-state index in [4.69, 9.17) is 75.8 Å². The quantitative estimate of drug-likeness (QED) is 0.0114. The van der Waals surface area contributed by atoms with Crippen molar-refractivity contribution in [2.75, 3.05) is 94.3 Å². The third kappa shape index (κ3) is 23.1. The minimum Gasteiger partial charge on any atom is -0.497 e. The molecule has 2 saturated heterocycles. The van der Waals surface area contributed by atoms with Crippen molar-refractivity contribution in [3.8, 4) is 23.0 Å². The number of hydrogen-bond acceptors (Lipinski definition) is 25. The lowest BCUT2D eigenvalue weighted by Crippen LogP contribution is -2.55. The summed E-state index contributed by atoms with van der Waals surface area (Å²) >= 11 is 0. The Hall–Kier alpha value is -10.4. The van der Waals surface area contributed by atoms with Gasteiger partial charge < -0.3 is 102 Å². The summed E-state index contributed by atoms with van der Waals surface area (Å²) in [7, 11) is 6.27. The Balaban J connectivity index is 0.761. The van der Waals surface area contributed by atoms with Crippen LogP contribution in [0, 0.1) is 0 Å². The van der Waals surface area contributed by atoms with Crippen LogP contribution in [0.25, 0.3) is 0 Å².